The van der Waals surface area contributed by atoms with E-state index in [9.17, 15) is 9.90 Å². The number of aromatic nitrogens is 2. The van der Waals surface area contributed by atoms with E-state index in [1.54, 1.807) is 22.8 Å². The van der Waals surface area contributed by atoms with Crippen molar-refractivity contribution in [2.75, 3.05) is 18.4 Å². The van der Waals surface area contributed by atoms with Gasteiger partial charge in [0.25, 0.3) is 5.56 Å². The highest BCUT2D eigenvalue weighted by Crippen LogP contribution is 2.23. The number of nitrogens with one attached hydrogen (secondary N) is 1. The molecular weight excluding hydrogens is 412 g/mol. The second kappa shape index (κ2) is 8.15. The third-order valence-corrected chi connectivity index (χ3v) is 5.63. The summed E-state index contributed by atoms with van der Waals surface area (Å²) in [7, 11) is 0. The maximum Gasteiger partial charge on any atom is 0.267 e. The van der Waals surface area contributed by atoms with Gasteiger partial charge in [0.05, 0.1) is 22.7 Å². The van der Waals surface area contributed by atoms with Crippen LogP contribution in [0.1, 0.15) is 5.56 Å². The molecule has 2 heterocycles. The van der Waals surface area contributed by atoms with E-state index < -0.39 is 0 Å². The molecule has 0 radical (unpaired) electrons. The van der Waals surface area contributed by atoms with Crippen molar-refractivity contribution in [1.29, 1.82) is 0 Å². The quantitative estimate of drug-likeness (QED) is 0.499. The van der Waals surface area contributed by atoms with Crippen LogP contribution in [0.3, 0.4) is 0 Å². The number of likely N-dealkylation sites (tertiary alicyclic amines) is 1. The van der Waals surface area contributed by atoms with Crippen molar-refractivity contribution in [3.8, 4) is 5.69 Å². The van der Waals surface area contributed by atoms with Crippen molar-refractivity contribution >= 4 is 34.1 Å². The molecule has 0 unspecified atom stereocenters. The van der Waals surface area contributed by atoms with E-state index in [4.69, 9.17) is 16.6 Å². The normalized spacial score (nSPS) is 14.5. The Morgan fingerprint density at radius 3 is 2.48 bits per heavy atom. The van der Waals surface area contributed by atoms with Crippen molar-refractivity contribution in [3.63, 3.8) is 0 Å². The molecule has 4 aromatic rings. The van der Waals surface area contributed by atoms with Crippen molar-refractivity contribution in [1.82, 2.24) is 14.5 Å². The van der Waals surface area contributed by atoms with Crippen molar-refractivity contribution in [2.24, 2.45) is 0 Å². The second-order valence-corrected chi connectivity index (χ2v) is 8.18. The van der Waals surface area contributed by atoms with Gasteiger partial charge in [-0.2, -0.15) is 0 Å². The number of hydrogen-bond acceptors (Lipinski definition) is 5. The minimum absolute atomic E-state index is 0.186. The fourth-order valence-electron chi connectivity index (χ4n) is 3.81. The Kier molecular flexibility index (Phi) is 5.19. The first-order chi connectivity index (χ1) is 15.1. The summed E-state index contributed by atoms with van der Waals surface area (Å²) in [6.45, 7) is 2.24. The van der Waals surface area contributed by atoms with E-state index in [2.05, 4.69) is 10.2 Å². The molecule has 0 bridgehead atoms. The lowest BCUT2D eigenvalue weighted by Crippen LogP contribution is -2.49. The van der Waals surface area contributed by atoms with Crippen LogP contribution in [0.2, 0.25) is 5.02 Å². The summed E-state index contributed by atoms with van der Waals surface area (Å²) in [6.07, 6.45) is -0.204. The number of para-hydroxylation sites is 1. The molecule has 1 aliphatic heterocycles. The molecule has 0 aliphatic carbocycles. The summed E-state index contributed by atoms with van der Waals surface area (Å²) in [5.74, 6) is 0.435. The van der Waals surface area contributed by atoms with Gasteiger partial charge in [0.1, 0.15) is 0 Å². The molecule has 0 saturated carbocycles. The van der Waals surface area contributed by atoms with Gasteiger partial charge < -0.3 is 10.4 Å². The van der Waals surface area contributed by atoms with Gasteiger partial charge in [-0.1, -0.05) is 41.9 Å². The number of aliphatic hydroxyl groups excluding tert-OH is 1. The SMILES string of the molecule is O=c1c2cc(Cl)ccc2nc(Nc2ccc(CN3CC(O)C3)cc2)n1-c1ccccc1. The van der Waals surface area contributed by atoms with E-state index in [0.717, 1.165) is 17.9 Å². The third kappa shape index (κ3) is 4.05. The van der Waals surface area contributed by atoms with Crippen molar-refractivity contribution in [2.45, 2.75) is 12.6 Å². The second-order valence-electron chi connectivity index (χ2n) is 7.74. The van der Waals surface area contributed by atoms with Crippen LogP contribution in [0.4, 0.5) is 11.6 Å². The number of anilines is 2. The Hall–Kier alpha value is -3.19. The molecule has 0 atom stereocenters. The molecule has 6 nitrogen and oxygen atoms in total. The lowest BCUT2D eigenvalue weighted by atomic mass is 10.1. The zero-order chi connectivity index (χ0) is 21.4. The zero-order valence-corrected chi connectivity index (χ0v) is 17.5. The highest BCUT2D eigenvalue weighted by molar-refractivity contribution is 6.31. The van der Waals surface area contributed by atoms with E-state index in [0.29, 0.717) is 35.0 Å². The number of aliphatic hydroxyl groups is 1. The summed E-state index contributed by atoms with van der Waals surface area (Å²) < 4.78 is 1.56. The van der Waals surface area contributed by atoms with Gasteiger partial charge in [-0.05, 0) is 48.0 Å². The Bertz CT molecular complexity index is 1280. The molecule has 5 rings (SSSR count). The van der Waals surface area contributed by atoms with Gasteiger partial charge in [-0.25, -0.2) is 9.55 Å². The van der Waals surface area contributed by atoms with Crippen LogP contribution in [0.15, 0.2) is 77.6 Å². The lowest BCUT2D eigenvalue weighted by Gasteiger charge is -2.35. The van der Waals surface area contributed by atoms with Crippen molar-refractivity contribution < 1.29 is 5.11 Å². The topological polar surface area (TPSA) is 70.4 Å². The Morgan fingerprint density at radius 2 is 1.77 bits per heavy atom. The first-order valence-electron chi connectivity index (χ1n) is 10.1. The third-order valence-electron chi connectivity index (χ3n) is 5.40. The van der Waals surface area contributed by atoms with Crippen LogP contribution < -0.4 is 10.9 Å². The predicted octanol–water partition coefficient (Wildman–Crippen LogP) is 3.96. The maximum atomic E-state index is 13.3. The molecule has 156 valence electrons. The summed E-state index contributed by atoms with van der Waals surface area (Å²) in [5.41, 5.74) is 3.11. The minimum Gasteiger partial charge on any atom is -0.390 e. The molecule has 1 aromatic heterocycles. The van der Waals surface area contributed by atoms with Gasteiger partial charge in [0.2, 0.25) is 5.95 Å². The number of β-amino-alcohol motifs (C(OH)–C–C–N with tert-alkyl or cyclic N) is 1. The van der Waals surface area contributed by atoms with Crippen molar-refractivity contribution in [3.05, 3.63) is 93.7 Å². The maximum absolute atomic E-state index is 13.3. The smallest absolute Gasteiger partial charge is 0.267 e. The number of benzene rings is 3. The molecule has 3 aromatic carbocycles. The fourth-order valence-corrected chi connectivity index (χ4v) is 3.98. The zero-order valence-electron chi connectivity index (χ0n) is 16.7. The Labute approximate surface area is 184 Å². The summed E-state index contributed by atoms with van der Waals surface area (Å²) in [6, 6.07) is 22.6. The molecule has 0 amide bonds. The Morgan fingerprint density at radius 1 is 1.03 bits per heavy atom. The van der Waals surface area contributed by atoms with Crippen LogP contribution in [0, 0.1) is 0 Å². The predicted molar refractivity (Wildman–Crippen MR) is 123 cm³/mol. The summed E-state index contributed by atoms with van der Waals surface area (Å²) in [5, 5.41) is 13.7. The first kappa shape index (κ1) is 19.8. The average Bonchev–Trinajstić information content (AvgIpc) is 2.75. The molecule has 31 heavy (non-hydrogen) atoms. The number of fused-ring (bicyclic) bond motifs is 1. The van der Waals surface area contributed by atoms with Gasteiger partial charge in [-0.3, -0.25) is 9.69 Å². The monoisotopic (exact) mass is 432 g/mol. The highest BCUT2D eigenvalue weighted by Gasteiger charge is 2.23. The van der Waals surface area contributed by atoms with Gasteiger partial charge in [-0.15, -0.1) is 0 Å². The highest BCUT2D eigenvalue weighted by atomic mass is 35.5. The van der Waals surface area contributed by atoms with Gasteiger partial charge in [0.15, 0.2) is 0 Å². The molecular formula is C24H21ClN4O2. The van der Waals surface area contributed by atoms with Crippen LogP contribution in [-0.4, -0.2) is 38.8 Å². The minimum atomic E-state index is -0.204. The van der Waals surface area contributed by atoms with Crippen LogP contribution >= 0.6 is 11.6 Å². The molecule has 1 fully saturated rings. The standard InChI is InChI=1S/C24H21ClN4O2/c25-17-8-11-22-21(12-17)23(31)29(19-4-2-1-3-5-19)24(27-22)26-18-9-6-16(7-10-18)13-28-14-20(30)15-28/h1-12,20,30H,13-15H2,(H,26,27). The summed E-state index contributed by atoms with van der Waals surface area (Å²) in [4.78, 5) is 20.2. The average molecular weight is 433 g/mol. The Balaban J connectivity index is 1.51. The molecule has 2 N–H and O–H groups in total. The molecule has 1 aliphatic rings. The largest absolute Gasteiger partial charge is 0.390 e. The molecule has 7 heteroatoms. The first-order valence-corrected chi connectivity index (χ1v) is 10.5. The molecule has 1 saturated heterocycles. The van der Waals surface area contributed by atoms with E-state index in [1.165, 1.54) is 5.56 Å². The number of hydrogen-bond donors (Lipinski definition) is 2. The number of halogens is 1. The summed E-state index contributed by atoms with van der Waals surface area (Å²) >= 11 is 6.12. The molecule has 0 spiro atoms. The fraction of sp³-hybridized carbons (Fsp3) is 0.167. The van der Waals surface area contributed by atoms with E-state index in [1.807, 2.05) is 54.6 Å². The lowest BCUT2D eigenvalue weighted by molar-refractivity contribution is -0.00286. The van der Waals surface area contributed by atoms with Gasteiger partial charge >= 0.3 is 0 Å². The van der Waals surface area contributed by atoms with E-state index in [-0.39, 0.29) is 11.7 Å². The number of nitrogens with zero attached hydrogens (tertiary/aromatic N) is 3. The number of rotatable bonds is 5. The van der Waals surface area contributed by atoms with Gasteiger partial charge in [0, 0.05) is 30.3 Å². The van der Waals surface area contributed by atoms with Crippen LogP contribution in [-0.2, 0) is 6.54 Å². The van der Waals surface area contributed by atoms with Crippen LogP contribution in [0.5, 0.6) is 0 Å². The van der Waals surface area contributed by atoms with E-state index >= 15 is 0 Å². The van der Waals surface area contributed by atoms with Crippen LogP contribution in [0.25, 0.3) is 16.6 Å².